The number of carbonyl (C=O) groups is 2. The van der Waals surface area contributed by atoms with Crippen molar-refractivity contribution in [2.75, 3.05) is 0 Å². The third kappa shape index (κ3) is 3.90. The first-order valence-corrected chi connectivity index (χ1v) is 5.30. The van der Waals surface area contributed by atoms with E-state index in [0.29, 0.717) is 0 Å². The number of carbonyl (C=O) groups excluding carboxylic acids is 2. The Kier molecular flexibility index (Phi) is 5.43. The quantitative estimate of drug-likeness (QED) is 0.665. The molecule has 0 rings (SSSR count). The lowest BCUT2D eigenvalue weighted by molar-refractivity contribution is -0.128. The summed E-state index contributed by atoms with van der Waals surface area (Å²) in [5.41, 5.74) is -0.119. The minimum absolute atomic E-state index is 0.00174. The van der Waals surface area contributed by atoms with E-state index in [1.54, 1.807) is 0 Å². The molecule has 0 bridgehead atoms. The highest BCUT2D eigenvalue weighted by atomic mass is 16.2. The van der Waals surface area contributed by atoms with Gasteiger partial charge in [0.25, 0.3) is 0 Å². The van der Waals surface area contributed by atoms with Crippen LogP contribution in [0.1, 0.15) is 53.4 Å². The van der Waals surface area contributed by atoms with Gasteiger partial charge in [0, 0.05) is 5.54 Å². The maximum atomic E-state index is 11.4. The highest BCUT2D eigenvalue weighted by Crippen LogP contribution is 2.19. The maximum Gasteiger partial charge on any atom is 0.227 e. The summed E-state index contributed by atoms with van der Waals surface area (Å²) >= 11 is 0. The standard InChI is InChI=1S/C11H21NO2/c1-5-11(6-2,7-3)12-10(14)8-9(4)13/h5-8H2,1-4H3,(H,12,14). The molecule has 0 radical (unpaired) electrons. The van der Waals surface area contributed by atoms with Crippen molar-refractivity contribution in [2.24, 2.45) is 0 Å². The van der Waals surface area contributed by atoms with Gasteiger partial charge in [0.1, 0.15) is 5.78 Å². The smallest absolute Gasteiger partial charge is 0.227 e. The van der Waals surface area contributed by atoms with Gasteiger partial charge >= 0.3 is 0 Å². The first-order chi connectivity index (χ1) is 6.49. The monoisotopic (exact) mass is 199 g/mol. The summed E-state index contributed by atoms with van der Waals surface area (Å²) in [5, 5.41) is 2.95. The van der Waals surface area contributed by atoms with Crippen molar-refractivity contribution < 1.29 is 9.59 Å². The topological polar surface area (TPSA) is 46.2 Å². The summed E-state index contributed by atoms with van der Waals surface area (Å²) in [5.74, 6) is -0.234. The second kappa shape index (κ2) is 5.78. The van der Waals surface area contributed by atoms with Crippen LogP contribution in [-0.4, -0.2) is 17.2 Å². The minimum Gasteiger partial charge on any atom is -0.350 e. The van der Waals surface area contributed by atoms with E-state index in [1.807, 2.05) is 0 Å². The third-order valence-electron chi connectivity index (χ3n) is 2.84. The summed E-state index contributed by atoms with van der Waals surface area (Å²) in [6.07, 6.45) is 2.72. The normalized spacial score (nSPS) is 11.1. The van der Waals surface area contributed by atoms with E-state index in [-0.39, 0.29) is 23.7 Å². The molecule has 3 nitrogen and oxygen atoms in total. The van der Waals surface area contributed by atoms with Gasteiger partial charge in [0.15, 0.2) is 0 Å². The van der Waals surface area contributed by atoms with Gasteiger partial charge in [0.05, 0.1) is 6.42 Å². The molecule has 0 aromatic carbocycles. The summed E-state index contributed by atoms with van der Waals surface area (Å²) in [6, 6.07) is 0. The Morgan fingerprint density at radius 1 is 1.07 bits per heavy atom. The number of rotatable bonds is 6. The Hall–Kier alpha value is -0.860. The number of amides is 1. The lowest BCUT2D eigenvalue weighted by atomic mass is 9.89. The molecule has 1 N–H and O–H groups in total. The zero-order valence-corrected chi connectivity index (χ0v) is 9.64. The molecular formula is C11H21NO2. The van der Waals surface area contributed by atoms with Gasteiger partial charge in [-0.2, -0.15) is 0 Å². The zero-order chi connectivity index (χ0) is 11.2. The largest absolute Gasteiger partial charge is 0.350 e. The molecule has 0 heterocycles. The molecule has 0 aromatic heterocycles. The molecule has 0 saturated carbocycles. The van der Waals surface area contributed by atoms with E-state index in [9.17, 15) is 9.59 Å². The van der Waals surface area contributed by atoms with Gasteiger partial charge in [-0.1, -0.05) is 20.8 Å². The van der Waals surface area contributed by atoms with Crippen LogP contribution in [0.4, 0.5) is 0 Å². The summed E-state index contributed by atoms with van der Waals surface area (Å²) in [6.45, 7) is 7.61. The Morgan fingerprint density at radius 3 is 1.79 bits per heavy atom. The van der Waals surface area contributed by atoms with Gasteiger partial charge in [-0.25, -0.2) is 0 Å². The van der Waals surface area contributed by atoms with Crippen molar-refractivity contribution >= 4 is 11.7 Å². The molecule has 0 atom stereocenters. The second-order valence-corrected chi connectivity index (χ2v) is 3.77. The molecular weight excluding hydrogens is 178 g/mol. The first kappa shape index (κ1) is 13.1. The van der Waals surface area contributed by atoms with E-state index in [0.717, 1.165) is 19.3 Å². The highest BCUT2D eigenvalue weighted by molar-refractivity contribution is 5.97. The molecule has 0 aliphatic rings. The number of hydrogen-bond acceptors (Lipinski definition) is 2. The predicted octanol–water partition coefficient (Wildman–Crippen LogP) is 2.05. The molecule has 0 unspecified atom stereocenters. The van der Waals surface area contributed by atoms with Crippen molar-refractivity contribution in [3.8, 4) is 0 Å². The van der Waals surface area contributed by atoms with Gasteiger partial charge in [-0.15, -0.1) is 0 Å². The van der Waals surface area contributed by atoms with Crippen LogP contribution in [0.25, 0.3) is 0 Å². The van der Waals surface area contributed by atoms with Crippen LogP contribution in [0.5, 0.6) is 0 Å². The van der Waals surface area contributed by atoms with Crippen LogP contribution in [0, 0.1) is 0 Å². The van der Waals surface area contributed by atoms with E-state index >= 15 is 0 Å². The summed E-state index contributed by atoms with van der Waals surface area (Å²) < 4.78 is 0. The van der Waals surface area contributed by atoms with Crippen molar-refractivity contribution in [1.82, 2.24) is 5.32 Å². The highest BCUT2D eigenvalue weighted by Gasteiger charge is 2.25. The number of nitrogens with one attached hydrogen (secondary N) is 1. The van der Waals surface area contributed by atoms with E-state index < -0.39 is 0 Å². The van der Waals surface area contributed by atoms with E-state index in [2.05, 4.69) is 26.1 Å². The average molecular weight is 199 g/mol. The molecule has 0 aromatic rings. The second-order valence-electron chi connectivity index (χ2n) is 3.77. The molecule has 14 heavy (non-hydrogen) atoms. The van der Waals surface area contributed by atoms with Crippen molar-refractivity contribution in [2.45, 2.75) is 58.9 Å². The molecule has 1 amide bonds. The van der Waals surface area contributed by atoms with Gasteiger partial charge in [-0.3, -0.25) is 9.59 Å². The molecule has 3 heteroatoms. The van der Waals surface area contributed by atoms with E-state index in [4.69, 9.17) is 0 Å². The SMILES string of the molecule is CCC(CC)(CC)NC(=O)CC(C)=O. The molecule has 0 saturated heterocycles. The van der Waals surface area contributed by atoms with Gasteiger partial charge in [0.2, 0.25) is 5.91 Å². The Labute approximate surface area is 86.3 Å². The van der Waals surface area contributed by atoms with Crippen LogP contribution in [-0.2, 0) is 9.59 Å². The van der Waals surface area contributed by atoms with Crippen LogP contribution < -0.4 is 5.32 Å². The summed E-state index contributed by atoms with van der Waals surface area (Å²) in [4.78, 5) is 22.2. The summed E-state index contributed by atoms with van der Waals surface area (Å²) in [7, 11) is 0. The zero-order valence-electron chi connectivity index (χ0n) is 9.64. The fourth-order valence-corrected chi connectivity index (χ4v) is 1.58. The molecule has 0 aliphatic heterocycles. The van der Waals surface area contributed by atoms with Crippen LogP contribution >= 0.6 is 0 Å². The fourth-order valence-electron chi connectivity index (χ4n) is 1.58. The van der Waals surface area contributed by atoms with Crippen molar-refractivity contribution in [3.63, 3.8) is 0 Å². The molecule has 0 fully saturated rings. The minimum atomic E-state index is -0.150. The molecule has 0 spiro atoms. The van der Waals surface area contributed by atoms with Gasteiger partial charge < -0.3 is 5.32 Å². The van der Waals surface area contributed by atoms with Crippen molar-refractivity contribution in [3.05, 3.63) is 0 Å². The van der Waals surface area contributed by atoms with Crippen LogP contribution in [0.2, 0.25) is 0 Å². The Bertz CT molecular complexity index is 199. The maximum absolute atomic E-state index is 11.4. The fraction of sp³-hybridized carbons (Fsp3) is 0.818. The number of hydrogen-bond donors (Lipinski definition) is 1. The average Bonchev–Trinajstić information content (AvgIpc) is 2.13. The van der Waals surface area contributed by atoms with Crippen LogP contribution in [0.15, 0.2) is 0 Å². The van der Waals surface area contributed by atoms with Crippen molar-refractivity contribution in [1.29, 1.82) is 0 Å². The lowest BCUT2D eigenvalue weighted by Gasteiger charge is -2.31. The third-order valence-corrected chi connectivity index (χ3v) is 2.84. The Morgan fingerprint density at radius 2 is 1.50 bits per heavy atom. The Balaban J connectivity index is 4.29. The number of Topliss-reactive ketones (excluding diaryl/α,β-unsaturated/α-hetero) is 1. The predicted molar refractivity (Wildman–Crippen MR) is 57.0 cm³/mol. The van der Waals surface area contributed by atoms with Gasteiger partial charge in [-0.05, 0) is 26.2 Å². The molecule has 0 aliphatic carbocycles. The van der Waals surface area contributed by atoms with E-state index in [1.165, 1.54) is 6.92 Å². The number of ketones is 1. The first-order valence-electron chi connectivity index (χ1n) is 5.30. The van der Waals surface area contributed by atoms with Crippen LogP contribution in [0.3, 0.4) is 0 Å². The molecule has 82 valence electrons. The lowest BCUT2D eigenvalue weighted by Crippen LogP contribution is -2.47.